The average molecular weight is 479 g/mol. The van der Waals surface area contributed by atoms with Gasteiger partial charge in [0.2, 0.25) is 5.60 Å². The molecule has 0 radical (unpaired) electrons. The van der Waals surface area contributed by atoms with Crippen molar-refractivity contribution in [2.24, 2.45) is 5.16 Å². The molecule has 2 atom stereocenters. The molecule has 1 aliphatic rings. The van der Waals surface area contributed by atoms with Gasteiger partial charge in [-0.05, 0) is 13.8 Å². The lowest BCUT2D eigenvalue weighted by molar-refractivity contribution is -0.162. The molecule has 0 saturated carbocycles. The molecule has 1 aromatic heterocycles. The first kappa shape index (κ1) is 24.0. The Morgan fingerprint density at radius 1 is 1.39 bits per heavy atom. The summed E-state index contributed by atoms with van der Waals surface area (Å²) >= 11 is 0.914. The van der Waals surface area contributed by atoms with E-state index in [9.17, 15) is 27.6 Å². The number of methoxy groups -OCH3 is 1. The van der Waals surface area contributed by atoms with Crippen molar-refractivity contribution in [1.82, 2.24) is 14.6 Å². The minimum Gasteiger partial charge on any atom is -0.478 e. The molecule has 2 amide bonds. The number of rotatable bonds is 8. The van der Waals surface area contributed by atoms with E-state index in [1.165, 1.54) is 5.38 Å². The fraction of sp³-hybridized carbons (Fsp3) is 0.429. The molecular weight excluding hydrogens is 462 g/mol. The number of hydrogen-bond acceptors (Lipinski definition) is 12. The van der Waals surface area contributed by atoms with Gasteiger partial charge in [-0.2, -0.15) is 12.7 Å². The summed E-state index contributed by atoms with van der Waals surface area (Å²) in [7, 11) is -4.21. The van der Waals surface area contributed by atoms with Gasteiger partial charge >= 0.3 is 22.2 Å². The van der Waals surface area contributed by atoms with Gasteiger partial charge in [-0.15, -0.1) is 11.3 Å². The number of aliphatic carboxylic acids is 1. The van der Waals surface area contributed by atoms with Gasteiger partial charge in [0.05, 0.1) is 7.11 Å². The van der Waals surface area contributed by atoms with Crippen LogP contribution in [0.2, 0.25) is 0 Å². The Morgan fingerprint density at radius 3 is 2.45 bits per heavy atom. The lowest BCUT2D eigenvalue weighted by atomic mass is 9.98. The number of carboxylic acids is 1. The number of thiazole rings is 1. The molecule has 170 valence electrons. The maximum absolute atomic E-state index is 12.7. The lowest BCUT2D eigenvalue weighted by Crippen LogP contribution is -2.74. The minimum absolute atomic E-state index is 0.0256. The van der Waals surface area contributed by atoms with Crippen molar-refractivity contribution in [3.05, 3.63) is 11.1 Å². The number of carbonyl (C=O) groups is 4. The second-order valence-electron chi connectivity index (χ2n) is 6.45. The highest BCUT2D eigenvalue weighted by molar-refractivity contribution is 7.84. The van der Waals surface area contributed by atoms with Gasteiger partial charge in [0.15, 0.2) is 16.9 Å². The summed E-state index contributed by atoms with van der Waals surface area (Å²) in [6.45, 7) is 2.30. The number of hydrogen-bond donors (Lipinski definition) is 4. The maximum Gasteiger partial charge on any atom is 0.363 e. The second-order valence-corrected chi connectivity index (χ2v) is 8.63. The van der Waals surface area contributed by atoms with Gasteiger partial charge in [-0.25, -0.2) is 14.6 Å². The van der Waals surface area contributed by atoms with Crippen LogP contribution in [0.5, 0.6) is 0 Å². The van der Waals surface area contributed by atoms with Gasteiger partial charge in [-0.3, -0.25) is 14.1 Å². The van der Waals surface area contributed by atoms with Crippen LogP contribution in [-0.4, -0.2) is 81.6 Å². The number of aromatic nitrogens is 1. The van der Waals surface area contributed by atoms with Gasteiger partial charge < -0.3 is 25.7 Å². The molecule has 5 N–H and O–H groups in total. The zero-order valence-electron chi connectivity index (χ0n) is 16.1. The summed E-state index contributed by atoms with van der Waals surface area (Å²) in [6.07, 6.45) is 0. The number of carboxylic acid groups (broad SMARTS) is 1. The van der Waals surface area contributed by atoms with Crippen molar-refractivity contribution in [3.63, 3.8) is 0 Å². The summed E-state index contributed by atoms with van der Waals surface area (Å²) in [5.74, 6) is -5.14. The van der Waals surface area contributed by atoms with E-state index >= 15 is 0 Å². The van der Waals surface area contributed by atoms with Crippen molar-refractivity contribution < 1.29 is 46.8 Å². The number of β-lactam (4-membered cyclic amide) rings is 1. The topological polar surface area (TPSA) is 228 Å². The largest absolute Gasteiger partial charge is 0.478 e. The standard InChI is InChI=1S/C14H17N5O10S2/c1-14(2,12(23)24)29-18-6(5-4-30-13(15)16-5)9(20)17-7-8(11(22)28-3)19(10(7)21)31(25,26)27/h4,7-8H,1-3H3,(H2,15,16)(H,17,20)(H,23,24)(H,25,26,27)/b18-6+/t7-,8-/m1/s1. The third-order valence-electron chi connectivity index (χ3n) is 3.89. The first-order chi connectivity index (χ1) is 14.2. The van der Waals surface area contributed by atoms with E-state index in [0.717, 1.165) is 32.3 Å². The van der Waals surface area contributed by atoms with E-state index in [1.807, 2.05) is 0 Å². The predicted octanol–water partition coefficient (Wildman–Crippen LogP) is -2.02. The van der Waals surface area contributed by atoms with Crippen molar-refractivity contribution in [2.45, 2.75) is 31.5 Å². The van der Waals surface area contributed by atoms with E-state index < -0.39 is 57.5 Å². The number of nitrogens with two attached hydrogens (primary N) is 1. The van der Waals surface area contributed by atoms with Crippen LogP contribution < -0.4 is 11.1 Å². The maximum atomic E-state index is 12.7. The average Bonchev–Trinajstić information content (AvgIpc) is 3.07. The third-order valence-corrected chi connectivity index (χ3v) is 5.47. The van der Waals surface area contributed by atoms with Crippen molar-refractivity contribution in [3.8, 4) is 0 Å². The van der Waals surface area contributed by atoms with Crippen LogP contribution in [0.4, 0.5) is 5.13 Å². The first-order valence-electron chi connectivity index (χ1n) is 8.11. The highest BCUT2D eigenvalue weighted by Crippen LogP contribution is 2.25. The zero-order valence-corrected chi connectivity index (χ0v) is 17.8. The molecule has 0 bridgehead atoms. The van der Waals surface area contributed by atoms with Gasteiger partial charge in [0.25, 0.3) is 11.8 Å². The monoisotopic (exact) mass is 479 g/mol. The zero-order chi connectivity index (χ0) is 23.7. The number of nitrogens with one attached hydrogen (secondary N) is 1. The van der Waals surface area contributed by atoms with Crippen molar-refractivity contribution in [1.29, 1.82) is 0 Å². The number of ether oxygens (including phenoxy) is 1. The molecule has 0 unspecified atom stereocenters. The highest BCUT2D eigenvalue weighted by Gasteiger charge is 2.58. The molecule has 1 saturated heterocycles. The molecule has 17 heteroatoms. The molecule has 1 fully saturated rings. The third kappa shape index (κ3) is 4.89. The molecule has 2 rings (SSSR count). The summed E-state index contributed by atoms with van der Waals surface area (Å²) in [5.41, 5.74) is 2.92. The normalized spacial score (nSPS) is 19.4. The Balaban J connectivity index is 2.36. The molecule has 1 aliphatic heterocycles. The van der Waals surface area contributed by atoms with Gasteiger partial charge in [-0.1, -0.05) is 5.16 Å². The molecular formula is C14H17N5O10S2. The van der Waals surface area contributed by atoms with E-state index in [2.05, 4.69) is 20.2 Å². The van der Waals surface area contributed by atoms with Crippen LogP contribution in [0.1, 0.15) is 19.5 Å². The Hall–Kier alpha value is -3.31. The lowest BCUT2D eigenvalue weighted by Gasteiger charge is -2.41. The molecule has 1 aromatic rings. The molecule has 15 nitrogen and oxygen atoms in total. The summed E-state index contributed by atoms with van der Waals surface area (Å²) in [4.78, 5) is 56.6. The van der Waals surface area contributed by atoms with Crippen LogP contribution in [0, 0.1) is 0 Å². The molecule has 31 heavy (non-hydrogen) atoms. The Kier molecular flexibility index (Phi) is 6.52. The molecule has 0 aromatic carbocycles. The molecule has 0 aliphatic carbocycles. The predicted molar refractivity (Wildman–Crippen MR) is 102 cm³/mol. The van der Waals surface area contributed by atoms with Gasteiger partial charge in [0, 0.05) is 5.38 Å². The SMILES string of the molecule is COC(=O)[C@H]1[C@@H](NC(=O)/C(=N/OC(C)(C)C(=O)O)c2csc(N)n2)C(=O)N1S(=O)(=O)O. The fourth-order valence-electron chi connectivity index (χ4n) is 2.22. The summed E-state index contributed by atoms with van der Waals surface area (Å²) in [5, 5.41) is 16.0. The summed E-state index contributed by atoms with van der Waals surface area (Å²) in [6, 6.07) is -3.62. The second kappa shape index (κ2) is 8.44. The number of anilines is 1. The smallest absolute Gasteiger partial charge is 0.363 e. The van der Waals surface area contributed by atoms with E-state index in [-0.39, 0.29) is 15.1 Å². The number of oxime groups is 1. The fourth-order valence-corrected chi connectivity index (χ4v) is 3.61. The van der Waals surface area contributed by atoms with Crippen LogP contribution in [0.15, 0.2) is 10.5 Å². The number of esters is 1. The van der Waals surface area contributed by atoms with Crippen molar-refractivity contribution >= 4 is 56.2 Å². The number of carbonyl (C=O) groups excluding carboxylic acids is 3. The number of nitrogens with zero attached hydrogens (tertiary/aromatic N) is 3. The van der Waals surface area contributed by atoms with Crippen LogP contribution in [0.3, 0.4) is 0 Å². The Bertz CT molecular complexity index is 1060. The molecule has 2 heterocycles. The van der Waals surface area contributed by atoms with E-state index in [1.54, 1.807) is 0 Å². The van der Waals surface area contributed by atoms with Gasteiger partial charge in [0.1, 0.15) is 11.7 Å². The van der Waals surface area contributed by atoms with Crippen LogP contribution in [-0.2, 0) is 39.1 Å². The minimum atomic E-state index is -5.11. The summed E-state index contributed by atoms with van der Waals surface area (Å²) < 4.78 is 36.0. The van der Waals surface area contributed by atoms with E-state index in [4.69, 9.17) is 20.2 Å². The quantitative estimate of drug-likeness (QED) is 0.104. The van der Waals surface area contributed by atoms with E-state index in [0.29, 0.717) is 0 Å². The van der Waals surface area contributed by atoms with Crippen molar-refractivity contribution in [2.75, 3.05) is 12.8 Å². The van der Waals surface area contributed by atoms with Crippen LogP contribution >= 0.6 is 11.3 Å². The van der Waals surface area contributed by atoms with Crippen LogP contribution in [0.25, 0.3) is 0 Å². The Morgan fingerprint density at radius 2 is 2.00 bits per heavy atom. The number of nitrogen functional groups attached to an aromatic ring is 1. The number of amides is 2. The highest BCUT2D eigenvalue weighted by atomic mass is 32.2. The first-order valence-corrected chi connectivity index (χ1v) is 10.4. The Labute approximate surface area is 178 Å². The molecule has 0 spiro atoms.